The lowest BCUT2D eigenvalue weighted by Gasteiger charge is -2.34. The van der Waals surface area contributed by atoms with Crippen molar-refractivity contribution >= 4 is 45.0 Å². The molecule has 14 heteroatoms. The third-order valence-corrected chi connectivity index (χ3v) is 10.5. The van der Waals surface area contributed by atoms with Crippen molar-refractivity contribution in [2.75, 3.05) is 37.4 Å². The predicted molar refractivity (Wildman–Crippen MR) is 185 cm³/mol. The van der Waals surface area contributed by atoms with Crippen LogP contribution in [0.5, 0.6) is 11.9 Å². The number of H-pyrrole nitrogens is 1. The monoisotopic (exact) mass is 689 g/mol. The quantitative estimate of drug-likeness (QED) is 0.204. The van der Waals surface area contributed by atoms with Gasteiger partial charge in [0, 0.05) is 40.3 Å². The Morgan fingerprint density at radius 3 is 2.80 bits per heavy atom. The standard InChI is InChI=1S/C28H26ClFN8O2.C7H12FN/c1-12-11-40-27-21-24(35-28(39-3)36-26(21)38(12)13(2)15-5-4-8-32-25(15)31)22(30)23(34-27)20-16-10-33-37-18(16)9-17(29)19(20)14-6-7-14;8-6-4-7-2-1-3-9(7)5-6/h4-5,8-10,12-14H,6-7,11H2,1-3H3,(H2,31,32)(H,33,37);6-7H,1-5H2/t12-,13?;/m0./s1. The van der Waals surface area contributed by atoms with Gasteiger partial charge in [-0.25, -0.2) is 18.7 Å². The van der Waals surface area contributed by atoms with Crippen LogP contribution in [0.3, 0.4) is 0 Å². The molecule has 7 heterocycles. The lowest BCUT2D eigenvalue weighted by molar-refractivity contribution is 0.282. The zero-order valence-corrected chi connectivity index (χ0v) is 28.3. The van der Waals surface area contributed by atoms with Gasteiger partial charge in [0.25, 0.3) is 0 Å². The van der Waals surface area contributed by atoms with Gasteiger partial charge in [-0.3, -0.25) is 10.00 Å². The van der Waals surface area contributed by atoms with Crippen molar-refractivity contribution in [2.24, 2.45) is 0 Å². The number of nitrogen functional groups attached to an aromatic ring is 1. The number of aromatic amines is 1. The second-order valence-electron chi connectivity index (χ2n) is 13.4. The molecular weight excluding hydrogens is 652 g/mol. The number of alkyl halides is 1. The zero-order valence-electron chi connectivity index (χ0n) is 27.6. The number of benzene rings is 1. The summed E-state index contributed by atoms with van der Waals surface area (Å²) in [4.78, 5) is 22.5. The highest BCUT2D eigenvalue weighted by atomic mass is 35.5. The lowest BCUT2D eigenvalue weighted by atomic mass is 9.95. The number of nitrogens with one attached hydrogen (secondary N) is 1. The molecule has 9 rings (SSSR count). The number of anilines is 2. The molecule has 4 aliphatic rings. The number of rotatable bonds is 5. The molecule has 256 valence electrons. The average Bonchev–Trinajstić information content (AvgIpc) is 3.53. The van der Waals surface area contributed by atoms with Gasteiger partial charge in [0.2, 0.25) is 5.88 Å². The fraction of sp³-hybridized carbons (Fsp3) is 0.457. The van der Waals surface area contributed by atoms with Crippen molar-refractivity contribution in [2.45, 2.75) is 76.2 Å². The van der Waals surface area contributed by atoms with Gasteiger partial charge in [0.1, 0.15) is 41.0 Å². The van der Waals surface area contributed by atoms with Gasteiger partial charge >= 0.3 is 6.01 Å². The molecule has 0 amide bonds. The summed E-state index contributed by atoms with van der Waals surface area (Å²) in [6.07, 6.45) is 8.07. The third-order valence-electron chi connectivity index (χ3n) is 10.2. The van der Waals surface area contributed by atoms with Crippen molar-refractivity contribution in [3.05, 3.63) is 52.6 Å². The minimum Gasteiger partial charge on any atom is -0.475 e. The summed E-state index contributed by atoms with van der Waals surface area (Å²) in [7, 11) is 1.45. The summed E-state index contributed by atoms with van der Waals surface area (Å²) in [5, 5.41) is 8.78. The maximum atomic E-state index is 16.8. The Morgan fingerprint density at radius 1 is 1.20 bits per heavy atom. The van der Waals surface area contributed by atoms with Crippen LogP contribution in [0.1, 0.15) is 69.0 Å². The van der Waals surface area contributed by atoms with Crippen molar-refractivity contribution in [3.8, 4) is 23.1 Å². The van der Waals surface area contributed by atoms with Gasteiger partial charge in [-0.2, -0.15) is 15.1 Å². The third kappa shape index (κ3) is 5.56. The van der Waals surface area contributed by atoms with E-state index < -0.39 is 12.0 Å². The minimum absolute atomic E-state index is 0.0249. The smallest absolute Gasteiger partial charge is 0.318 e. The average molecular weight is 690 g/mol. The zero-order chi connectivity index (χ0) is 34.0. The molecule has 3 unspecified atom stereocenters. The molecule has 3 N–H and O–H groups in total. The predicted octanol–water partition coefficient (Wildman–Crippen LogP) is 6.76. The van der Waals surface area contributed by atoms with Crippen LogP contribution < -0.4 is 20.1 Å². The lowest BCUT2D eigenvalue weighted by Crippen LogP contribution is -2.39. The number of nitrogens with two attached hydrogens (primary N) is 1. The molecular formula is C35H38ClF2N9O2. The van der Waals surface area contributed by atoms with Crippen LogP contribution in [-0.4, -0.2) is 80.1 Å². The molecule has 3 aliphatic heterocycles. The minimum atomic E-state index is -0.612. The van der Waals surface area contributed by atoms with Crippen LogP contribution in [0.4, 0.5) is 20.4 Å². The Kier molecular flexibility index (Phi) is 8.14. The Bertz CT molecular complexity index is 2050. The Balaban J connectivity index is 0.000000334. The highest BCUT2D eigenvalue weighted by Crippen LogP contribution is 2.51. The summed E-state index contributed by atoms with van der Waals surface area (Å²) in [5.41, 5.74) is 9.36. The van der Waals surface area contributed by atoms with Crippen LogP contribution in [0.15, 0.2) is 30.6 Å². The number of pyridine rings is 2. The van der Waals surface area contributed by atoms with Crippen molar-refractivity contribution < 1.29 is 18.3 Å². The van der Waals surface area contributed by atoms with E-state index in [9.17, 15) is 4.39 Å². The molecule has 3 fully saturated rings. The fourth-order valence-electron chi connectivity index (χ4n) is 7.77. The van der Waals surface area contributed by atoms with E-state index >= 15 is 4.39 Å². The molecule has 0 radical (unpaired) electrons. The van der Waals surface area contributed by atoms with E-state index in [2.05, 4.69) is 30.0 Å². The molecule has 4 atom stereocenters. The summed E-state index contributed by atoms with van der Waals surface area (Å²) in [6, 6.07) is 5.75. The normalized spacial score (nSPS) is 22.4. The van der Waals surface area contributed by atoms with Crippen LogP contribution in [0.2, 0.25) is 5.02 Å². The molecule has 49 heavy (non-hydrogen) atoms. The number of fused-ring (bicyclic) bond motifs is 2. The molecule has 0 spiro atoms. The molecule has 0 bridgehead atoms. The van der Waals surface area contributed by atoms with Gasteiger partial charge in [0.15, 0.2) is 5.82 Å². The molecule has 1 aliphatic carbocycles. The van der Waals surface area contributed by atoms with Crippen LogP contribution in [0, 0.1) is 5.82 Å². The number of ether oxygens (including phenoxy) is 2. The summed E-state index contributed by atoms with van der Waals surface area (Å²) >= 11 is 6.75. The van der Waals surface area contributed by atoms with Crippen LogP contribution >= 0.6 is 11.6 Å². The number of methoxy groups -OCH3 is 1. The first-order chi connectivity index (χ1) is 23.7. The van der Waals surface area contributed by atoms with Crippen molar-refractivity contribution in [3.63, 3.8) is 0 Å². The second-order valence-corrected chi connectivity index (χ2v) is 13.8. The highest BCUT2D eigenvalue weighted by molar-refractivity contribution is 6.33. The van der Waals surface area contributed by atoms with E-state index in [4.69, 9.17) is 31.8 Å². The second kappa shape index (κ2) is 12.5. The Morgan fingerprint density at radius 2 is 2.04 bits per heavy atom. The van der Waals surface area contributed by atoms with E-state index in [0.717, 1.165) is 42.3 Å². The first-order valence-electron chi connectivity index (χ1n) is 16.8. The molecule has 4 aromatic heterocycles. The van der Waals surface area contributed by atoms with E-state index in [1.165, 1.54) is 20.0 Å². The number of aromatic nitrogens is 6. The molecule has 11 nitrogen and oxygen atoms in total. The largest absolute Gasteiger partial charge is 0.475 e. The van der Waals surface area contributed by atoms with Gasteiger partial charge in [-0.05, 0) is 76.1 Å². The van der Waals surface area contributed by atoms with E-state index in [-0.39, 0.29) is 47.7 Å². The summed E-state index contributed by atoms with van der Waals surface area (Å²) < 4.78 is 41.1. The highest BCUT2D eigenvalue weighted by Gasteiger charge is 2.37. The first-order valence-corrected chi connectivity index (χ1v) is 17.2. The number of halogens is 3. The Hall–Kier alpha value is -4.36. The van der Waals surface area contributed by atoms with Gasteiger partial charge in [-0.15, -0.1) is 0 Å². The fourth-order valence-corrected chi connectivity index (χ4v) is 8.12. The van der Waals surface area contributed by atoms with Crippen LogP contribution in [-0.2, 0) is 0 Å². The van der Waals surface area contributed by atoms with Crippen LogP contribution in [0.25, 0.3) is 33.1 Å². The Labute approximate surface area is 287 Å². The van der Waals surface area contributed by atoms with Crippen molar-refractivity contribution in [1.29, 1.82) is 0 Å². The maximum Gasteiger partial charge on any atom is 0.318 e. The maximum absolute atomic E-state index is 16.8. The molecule has 1 saturated carbocycles. The van der Waals surface area contributed by atoms with Gasteiger partial charge in [0.05, 0.1) is 30.9 Å². The van der Waals surface area contributed by atoms with Gasteiger partial charge in [-0.1, -0.05) is 17.7 Å². The SMILES string of the molecule is COc1nc2c3c(nc(-c4c(C5CC5)c(Cl)cc5[nH]ncc45)c(F)c3n1)OC[C@H](C)N2C(C)c1cccnc1N.FC1CC2CCCN2C1. The topological polar surface area (TPSA) is 131 Å². The van der Waals surface area contributed by atoms with Crippen molar-refractivity contribution in [1.82, 2.24) is 35.0 Å². The summed E-state index contributed by atoms with van der Waals surface area (Å²) in [5.74, 6) is 0.692. The number of hydrogen-bond donors (Lipinski definition) is 2. The van der Waals surface area contributed by atoms with E-state index in [1.54, 1.807) is 12.4 Å². The summed E-state index contributed by atoms with van der Waals surface area (Å²) in [6.45, 7) is 6.12. The number of nitrogens with zero attached hydrogens (tertiary/aromatic N) is 7. The molecule has 5 aromatic rings. The first kappa shape index (κ1) is 31.9. The van der Waals surface area contributed by atoms with E-state index in [0.29, 0.717) is 45.7 Å². The number of hydrogen-bond acceptors (Lipinski definition) is 10. The van der Waals surface area contributed by atoms with E-state index in [1.807, 2.05) is 36.9 Å². The molecule has 1 aromatic carbocycles. The molecule has 2 saturated heterocycles. The van der Waals surface area contributed by atoms with Gasteiger partial charge < -0.3 is 20.1 Å².